The maximum absolute atomic E-state index is 11.5. The predicted molar refractivity (Wildman–Crippen MR) is 71.4 cm³/mol. The minimum atomic E-state index is -0.664. The van der Waals surface area contributed by atoms with Gasteiger partial charge in [-0.15, -0.1) is 11.6 Å². The lowest BCUT2D eigenvalue weighted by Gasteiger charge is -2.09. The van der Waals surface area contributed by atoms with E-state index in [4.69, 9.17) is 34.8 Å². The lowest BCUT2D eigenvalue weighted by Crippen LogP contribution is -2.20. The van der Waals surface area contributed by atoms with E-state index in [0.29, 0.717) is 26.8 Å². The number of halogens is 3. The number of benzene rings is 1. The number of carbonyl (C=O) groups is 1. The first-order valence-electron chi connectivity index (χ1n) is 4.56. The predicted octanol–water partition coefficient (Wildman–Crippen LogP) is 3.56. The molecule has 1 atom stereocenters. The van der Waals surface area contributed by atoms with E-state index in [9.17, 15) is 4.79 Å². The van der Waals surface area contributed by atoms with Gasteiger partial charge in [0.1, 0.15) is 16.4 Å². The summed E-state index contributed by atoms with van der Waals surface area (Å²) in [5.41, 5.74) is 1.37. The lowest BCUT2D eigenvalue weighted by atomic mass is 10.2. The van der Waals surface area contributed by atoms with Crippen LogP contribution < -0.4 is 5.32 Å². The zero-order valence-corrected chi connectivity index (χ0v) is 11.6. The van der Waals surface area contributed by atoms with Crippen LogP contribution in [0, 0.1) is 0 Å². The van der Waals surface area contributed by atoms with E-state index in [-0.39, 0.29) is 5.91 Å². The molecule has 0 saturated heterocycles. The molecule has 2 rings (SSSR count). The molecule has 1 unspecified atom stereocenters. The summed E-state index contributed by atoms with van der Waals surface area (Å²) in [6.07, 6.45) is 0. The van der Waals surface area contributed by atoms with E-state index in [1.54, 1.807) is 6.92 Å². The maximum atomic E-state index is 11.5. The quantitative estimate of drug-likeness (QED) is 0.863. The number of nitrogens with one attached hydrogen (secondary N) is 1. The van der Waals surface area contributed by atoms with Crippen molar-refractivity contribution in [3.63, 3.8) is 0 Å². The van der Waals surface area contributed by atoms with Gasteiger partial charge in [0.25, 0.3) is 0 Å². The minimum absolute atomic E-state index is 0.306. The van der Waals surface area contributed by atoms with Gasteiger partial charge in [-0.05, 0) is 13.0 Å². The smallest absolute Gasteiger partial charge is 0.242 e. The van der Waals surface area contributed by atoms with Crippen molar-refractivity contribution in [2.24, 2.45) is 0 Å². The second-order valence-corrected chi connectivity index (χ2v) is 5.28. The van der Waals surface area contributed by atoms with Crippen LogP contribution in [-0.4, -0.2) is 20.0 Å². The van der Waals surface area contributed by atoms with Gasteiger partial charge in [0, 0.05) is 0 Å². The van der Waals surface area contributed by atoms with E-state index < -0.39 is 5.38 Å². The third-order valence-electron chi connectivity index (χ3n) is 2.05. The molecule has 0 aliphatic carbocycles. The van der Waals surface area contributed by atoms with Gasteiger partial charge in [0.2, 0.25) is 5.91 Å². The van der Waals surface area contributed by atoms with Crippen LogP contribution in [-0.2, 0) is 4.79 Å². The maximum Gasteiger partial charge on any atom is 0.242 e. The summed E-state index contributed by atoms with van der Waals surface area (Å²) in [6, 6.07) is 1.52. The molecule has 90 valence electrons. The molecule has 0 spiro atoms. The molecule has 8 heteroatoms. The number of aromatic nitrogens is 2. The van der Waals surface area contributed by atoms with Crippen molar-refractivity contribution in [2.75, 3.05) is 5.32 Å². The van der Waals surface area contributed by atoms with Gasteiger partial charge in [-0.1, -0.05) is 23.2 Å². The highest BCUT2D eigenvalue weighted by Crippen LogP contribution is 2.35. The molecule has 1 aromatic heterocycles. The molecule has 1 amide bonds. The van der Waals surface area contributed by atoms with Crippen LogP contribution in [0.15, 0.2) is 6.07 Å². The number of fused-ring (bicyclic) bond motifs is 1. The number of alkyl halides is 1. The third kappa shape index (κ3) is 2.47. The highest BCUT2D eigenvalue weighted by atomic mass is 35.5. The number of carbonyl (C=O) groups excluding carboxylic acids is 1. The fourth-order valence-corrected chi connectivity index (χ4v) is 2.43. The SMILES string of the molecule is CC(Cl)C(=O)Nc1c(Cl)cc(Cl)c2nsnc12. The first-order valence-corrected chi connectivity index (χ1v) is 6.48. The Labute approximate surface area is 116 Å². The first-order chi connectivity index (χ1) is 8.00. The molecular weight excluding hydrogens is 305 g/mol. The molecule has 0 radical (unpaired) electrons. The van der Waals surface area contributed by atoms with Crippen molar-refractivity contribution >= 4 is 69.2 Å². The number of rotatable bonds is 2. The van der Waals surface area contributed by atoms with E-state index in [2.05, 4.69) is 14.1 Å². The third-order valence-corrected chi connectivity index (χ3v) is 3.37. The molecule has 0 fully saturated rings. The Kier molecular flexibility index (Phi) is 3.73. The number of hydrogen-bond acceptors (Lipinski definition) is 4. The van der Waals surface area contributed by atoms with Crippen molar-refractivity contribution in [1.29, 1.82) is 0 Å². The van der Waals surface area contributed by atoms with E-state index in [0.717, 1.165) is 11.7 Å². The monoisotopic (exact) mass is 309 g/mol. The Morgan fingerprint density at radius 1 is 1.35 bits per heavy atom. The summed E-state index contributed by atoms with van der Waals surface area (Å²) in [4.78, 5) is 11.5. The second kappa shape index (κ2) is 4.94. The van der Waals surface area contributed by atoms with Crippen molar-refractivity contribution in [3.8, 4) is 0 Å². The molecule has 0 aliphatic heterocycles. The average Bonchev–Trinajstić information content (AvgIpc) is 2.72. The van der Waals surface area contributed by atoms with E-state index in [1.165, 1.54) is 6.07 Å². The van der Waals surface area contributed by atoms with Crippen molar-refractivity contribution in [2.45, 2.75) is 12.3 Å². The fraction of sp³-hybridized carbons (Fsp3) is 0.222. The lowest BCUT2D eigenvalue weighted by molar-refractivity contribution is -0.115. The largest absolute Gasteiger partial charge is 0.322 e. The summed E-state index contributed by atoms with van der Waals surface area (Å²) in [5, 5.41) is 2.65. The molecule has 17 heavy (non-hydrogen) atoms. The first kappa shape index (κ1) is 12.8. The van der Waals surface area contributed by atoms with Crippen LogP contribution in [0.4, 0.5) is 5.69 Å². The molecule has 0 aliphatic rings. The van der Waals surface area contributed by atoms with Gasteiger partial charge in [0.05, 0.1) is 27.5 Å². The Bertz CT molecular complexity index is 584. The van der Waals surface area contributed by atoms with Crippen molar-refractivity contribution in [3.05, 3.63) is 16.1 Å². The highest BCUT2D eigenvalue weighted by molar-refractivity contribution is 7.00. The molecule has 2 aromatic rings. The van der Waals surface area contributed by atoms with Gasteiger partial charge in [-0.25, -0.2) is 0 Å². The molecule has 1 aromatic carbocycles. The Hall–Kier alpha value is -0.620. The number of anilines is 1. The number of amides is 1. The van der Waals surface area contributed by atoms with Crippen LogP contribution in [0.5, 0.6) is 0 Å². The molecular formula is C9H6Cl3N3OS. The van der Waals surface area contributed by atoms with Crippen molar-refractivity contribution in [1.82, 2.24) is 8.75 Å². The molecule has 1 heterocycles. The van der Waals surface area contributed by atoms with Crippen LogP contribution in [0.3, 0.4) is 0 Å². The average molecular weight is 311 g/mol. The van der Waals surface area contributed by atoms with Gasteiger partial charge in [0.15, 0.2) is 0 Å². The summed E-state index contributed by atoms with van der Waals surface area (Å²) >= 11 is 18.6. The van der Waals surface area contributed by atoms with E-state index in [1.807, 2.05) is 0 Å². The number of hydrogen-bond donors (Lipinski definition) is 1. The van der Waals surface area contributed by atoms with Gasteiger partial charge >= 0.3 is 0 Å². The topological polar surface area (TPSA) is 54.9 Å². The molecule has 1 N–H and O–H groups in total. The van der Waals surface area contributed by atoms with Crippen LogP contribution in [0.1, 0.15) is 6.92 Å². The molecule has 0 saturated carbocycles. The van der Waals surface area contributed by atoms with Crippen LogP contribution in [0.25, 0.3) is 11.0 Å². The summed E-state index contributed by atoms with van der Waals surface area (Å²) in [7, 11) is 0. The summed E-state index contributed by atoms with van der Waals surface area (Å²) < 4.78 is 8.08. The molecule has 0 bridgehead atoms. The zero-order chi connectivity index (χ0) is 12.6. The Balaban J connectivity index is 2.53. The molecule has 4 nitrogen and oxygen atoms in total. The zero-order valence-electron chi connectivity index (χ0n) is 8.50. The van der Waals surface area contributed by atoms with Crippen LogP contribution in [0.2, 0.25) is 10.0 Å². The standard InChI is InChI=1S/C9H6Cl3N3OS/c1-3(10)9(16)13-6-4(11)2-5(12)7-8(6)15-17-14-7/h2-3H,1H3,(H,13,16). The van der Waals surface area contributed by atoms with Crippen LogP contribution >= 0.6 is 46.5 Å². The highest BCUT2D eigenvalue weighted by Gasteiger charge is 2.17. The summed E-state index contributed by atoms with van der Waals surface area (Å²) in [6.45, 7) is 1.57. The second-order valence-electron chi connectivity index (χ2n) is 3.28. The van der Waals surface area contributed by atoms with Crippen molar-refractivity contribution < 1.29 is 4.79 Å². The Morgan fingerprint density at radius 3 is 2.65 bits per heavy atom. The van der Waals surface area contributed by atoms with Gasteiger partial charge in [-0.2, -0.15) is 8.75 Å². The fourth-order valence-electron chi connectivity index (χ4n) is 1.22. The van der Waals surface area contributed by atoms with Gasteiger partial charge in [-0.3, -0.25) is 4.79 Å². The number of nitrogens with zero attached hydrogens (tertiary/aromatic N) is 2. The normalized spacial score (nSPS) is 12.7. The summed E-state index contributed by atoms with van der Waals surface area (Å²) in [5.74, 6) is -0.356. The minimum Gasteiger partial charge on any atom is -0.322 e. The van der Waals surface area contributed by atoms with E-state index >= 15 is 0 Å². The van der Waals surface area contributed by atoms with Gasteiger partial charge < -0.3 is 5.32 Å². The Morgan fingerprint density at radius 2 is 2.00 bits per heavy atom.